The van der Waals surface area contributed by atoms with Crippen molar-refractivity contribution in [1.82, 2.24) is 4.98 Å². The minimum absolute atomic E-state index is 0.276. The normalized spacial score (nSPS) is 10.7. The number of thiazole rings is 1. The second kappa shape index (κ2) is 4.55. The molecule has 4 nitrogen and oxygen atoms in total. The fourth-order valence-corrected chi connectivity index (χ4v) is 2.42. The molecule has 0 aliphatic carbocycles. The van der Waals surface area contributed by atoms with Gasteiger partial charge < -0.3 is 4.42 Å². The Kier molecular flexibility index (Phi) is 2.89. The maximum atomic E-state index is 11.9. The number of halogens is 1. The van der Waals surface area contributed by atoms with Gasteiger partial charge in [0.05, 0.1) is 0 Å². The van der Waals surface area contributed by atoms with Gasteiger partial charge in [-0.25, -0.2) is 4.98 Å². The van der Waals surface area contributed by atoms with Crippen molar-refractivity contribution in [2.45, 2.75) is 0 Å². The Hall–Kier alpha value is -1.66. The van der Waals surface area contributed by atoms with E-state index < -0.39 is 0 Å². The second-order valence-corrected chi connectivity index (χ2v) is 5.39. The van der Waals surface area contributed by atoms with Crippen molar-refractivity contribution in [3.8, 4) is 0 Å². The molecule has 0 saturated heterocycles. The zero-order valence-electron chi connectivity index (χ0n) is 9.01. The summed E-state index contributed by atoms with van der Waals surface area (Å²) in [4.78, 5) is 15.9. The number of hydrogen-bond acceptors (Lipinski definition) is 4. The van der Waals surface area contributed by atoms with Crippen LogP contribution >= 0.6 is 27.3 Å². The highest BCUT2D eigenvalue weighted by Gasteiger charge is 2.13. The van der Waals surface area contributed by atoms with Crippen LogP contribution in [-0.4, -0.2) is 10.9 Å². The lowest BCUT2D eigenvalue weighted by Crippen LogP contribution is -2.10. The zero-order valence-corrected chi connectivity index (χ0v) is 11.4. The fraction of sp³-hybridized carbons (Fsp3) is 0. The van der Waals surface area contributed by atoms with Gasteiger partial charge in [-0.3, -0.25) is 10.1 Å². The van der Waals surface area contributed by atoms with Crippen LogP contribution in [0.3, 0.4) is 0 Å². The SMILES string of the molecule is O=C(Nc1nccs1)c1cc2ccc(Br)cc2o1. The standard InChI is InChI=1S/C12H7BrN2O2S/c13-8-2-1-7-5-10(17-9(7)6-8)11(16)15-12-14-3-4-18-12/h1-6H,(H,14,15,16). The van der Waals surface area contributed by atoms with Crippen LogP contribution in [0, 0.1) is 0 Å². The van der Waals surface area contributed by atoms with E-state index in [9.17, 15) is 4.79 Å². The Morgan fingerprint density at radius 1 is 1.39 bits per heavy atom. The number of fused-ring (bicyclic) bond motifs is 1. The minimum Gasteiger partial charge on any atom is -0.451 e. The lowest BCUT2D eigenvalue weighted by Gasteiger charge is -1.96. The summed E-state index contributed by atoms with van der Waals surface area (Å²) in [6.45, 7) is 0. The van der Waals surface area contributed by atoms with Crippen molar-refractivity contribution in [2.75, 3.05) is 5.32 Å². The molecule has 0 fully saturated rings. The van der Waals surface area contributed by atoms with Gasteiger partial charge in [0.2, 0.25) is 0 Å². The number of hydrogen-bond donors (Lipinski definition) is 1. The third kappa shape index (κ3) is 2.16. The Bertz CT molecular complexity index is 706. The molecule has 18 heavy (non-hydrogen) atoms. The number of furan rings is 1. The summed E-state index contributed by atoms with van der Waals surface area (Å²) in [5.41, 5.74) is 0.675. The molecule has 0 saturated carbocycles. The van der Waals surface area contributed by atoms with Crippen LogP contribution in [0.5, 0.6) is 0 Å². The van der Waals surface area contributed by atoms with Crippen LogP contribution < -0.4 is 5.32 Å². The third-order valence-electron chi connectivity index (χ3n) is 2.36. The van der Waals surface area contributed by atoms with E-state index in [1.54, 1.807) is 17.6 Å². The molecule has 3 rings (SSSR count). The Labute approximate surface area is 115 Å². The van der Waals surface area contributed by atoms with Gasteiger partial charge in [0.1, 0.15) is 5.58 Å². The van der Waals surface area contributed by atoms with Crippen molar-refractivity contribution in [3.63, 3.8) is 0 Å². The minimum atomic E-state index is -0.294. The first-order chi connectivity index (χ1) is 8.72. The average Bonchev–Trinajstić information content (AvgIpc) is 2.96. The highest BCUT2D eigenvalue weighted by atomic mass is 79.9. The van der Waals surface area contributed by atoms with E-state index in [2.05, 4.69) is 26.2 Å². The van der Waals surface area contributed by atoms with Gasteiger partial charge in [-0.1, -0.05) is 15.9 Å². The molecule has 1 aromatic carbocycles. The van der Waals surface area contributed by atoms with E-state index in [4.69, 9.17) is 4.42 Å². The number of carbonyl (C=O) groups is 1. The highest BCUT2D eigenvalue weighted by molar-refractivity contribution is 9.10. The number of nitrogens with one attached hydrogen (secondary N) is 1. The summed E-state index contributed by atoms with van der Waals surface area (Å²) >= 11 is 4.72. The molecule has 3 aromatic rings. The number of anilines is 1. The van der Waals surface area contributed by atoms with E-state index in [1.807, 2.05) is 18.2 Å². The van der Waals surface area contributed by atoms with Crippen LogP contribution in [0.4, 0.5) is 5.13 Å². The summed E-state index contributed by atoms with van der Waals surface area (Å²) in [7, 11) is 0. The molecule has 1 amide bonds. The Balaban J connectivity index is 1.92. The fourth-order valence-electron chi connectivity index (χ4n) is 1.56. The maximum Gasteiger partial charge on any atom is 0.293 e. The molecular formula is C12H7BrN2O2S. The smallest absolute Gasteiger partial charge is 0.293 e. The molecule has 0 spiro atoms. The second-order valence-electron chi connectivity index (χ2n) is 3.58. The van der Waals surface area contributed by atoms with Gasteiger partial charge in [0.15, 0.2) is 10.9 Å². The molecule has 90 valence electrons. The van der Waals surface area contributed by atoms with E-state index in [0.29, 0.717) is 10.7 Å². The van der Waals surface area contributed by atoms with E-state index in [0.717, 1.165) is 9.86 Å². The molecule has 1 N–H and O–H groups in total. The van der Waals surface area contributed by atoms with Crippen LogP contribution in [-0.2, 0) is 0 Å². The number of benzene rings is 1. The predicted octanol–water partition coefficient (Wildman–Crippen LogP) is 3.90. The van der Waals surface area contributed by atoms with Crippen molar-refractivity contribution in [2.24, 2.45) is 0 Å². The largest absolute Gasteiger partial charge is 0.451 e. The summed E-state index contributed by atoms with van der Waals surface area (Å²) in [5.74, 6) is -0.0180. The topological polar surface area (TPSA) is 55.1 Å². The predicted molar refractivity (Wildman–Crippen MR) is 74.0 cm³/mol. The van der Waals surface area contributed by atoms with Gasteiger partial charge in [0.25, 0.3) is 5.91 Å². The quantitative estimate of drug-likeness (QED) is 0.778. The van der Waals surface area contributed by atoms with Crippen molar-refractivity contribution in [3.05, 3.63) is 46.1 Å². The molecule has 0 aliphatic rings. The molecule has 0 aliphatic heterocycles. The summed E-state index contributed by atoms with van der Waals surface area (Å²) in [6, 6.07) is 7.34. The molecule has 2 heterocycles. The van der Waals surface area contributed by atoms with Crippen molar-refractivity contribution in [1.29, 1.82) is 0 Å². The van der Waals surface area contributed by atoms with Crippen LogP contribution in [0.15, 0.2) is 44.7 Å². The number of amides is 1. The molecule has 6 heteroatoms. The van der Waals surface area contributed by atoms with Gasteiger partial charge in [-0.2, -0.15) is 0 Å². The lowest BCUT2D eigenvalue weighted by atomic mass is 10.2. The maximum absolute atomic E-state index is 11.9. The van der Waals surface area contributed by atoms with E-state index in [1.165, 1.54) is 11.3 Å². The van der Waals surface area contributed by atoms with Gasteiger partial charge >= 0.3 is 0 Å². The number of nitrogens with zero attached hydrogens (tertiary/aromatic N) is 1. The summed E-state index contributed by atoms with van der Waals surface area (Å²) < 4.78 is 6.41. The van der Waals surface area contributed by atoms with Gasteiger partial charge in [-0.05, 0) is 24.3 Å². The van der Waals surface area contributed by atoms with Crippen LogP contribution in [0.2, 0.25) is 0 Å². The first-order valence-electron chi connectivity index (χ1n) is 5.12. The summed E-state index contributed by atoms with van der Waals surface area (Å²) in [6.07, 6.45) is 1.63. The molecular weight excluding hydrogens is 316 g/mol. The van der Waals surface area contributed by atoms with Gasteiger partial charge in [0, 0.05) is 21.4 Å². The van der Waals surface area contributed by atoms with E-state index in [-0.39, 0.29) is 11.7 Å². The number of carbonyl (C=O) groups excluding carboxylic acids is 1. The van der Waals surface area contributed by atoms with Gasteiger partial charge in [-0.15, -0.1) is 11.3 Å². The molecule has 0 unspecified atom stereocenters. The first-order valence-corrected chi connectivity index (χ1v) is 6.79. The molecule has 0 bridgehead atoms. The average molecular weight is 323 g/mol. The third-order valence-corrected chi connectivity index (χ3v) is 3.54. The molecule has 2 aromatic heterocycles. The number of rotatable bonds is 2. The molecule has 0 radical (unpaired) electrons. The summed E-state index contributed by atoms with van der Waals surface area (Å²) in [5, 5.41) is 5.92. The highest BCUT2D eigenvalue weighted by Crippen LogP contribution is 2.24. The first kappa shape index (κ1) is 11.4. The Morgan fingerprint density at radius 2 is 2.28 bits per heavy atom. The monoisotopic (exact) mass is 322 g/mol. The van der Waals surface area contributed by atoms with Crippen LogP contribution in [0.1, 0.15) is 10.6 Å². The lowest BCUT2D eigenvalue weighted by molar-refractivity contribution is 0.0998. The van der Waals surface area contributed by atoms with Crippen molar-refractivity contribution < 1.29 is 9.21 Å². The molecule has 0 atom stereocenters. The zero-order chi connectivity index (χ0) is 12.5. The Morgan fingerprint density at radius 3 is 3.06 bits per heavy atom. The number of aromatic nitrogens is 1. The van der Waals surface area contributed by atoms with Crippen LogP contribution in [0.25, 0.3) is 11.0 Å². The van der Waals surface area contributed by atoms with Crippen molar-refractivity contribution >= 4 is 49.3 Å². The van der Waals surface area contributed by atoms with E-state index >= 15 is 0 Å².